The fourth-order valence-electron chi connectivity index (χ4n) is 1.09. The Morgan fingerprint density at radius 2 is 2.27 bits per heavy atom. The highest BCUT2D eigenvalue weighted by molar-refractivity contribution is 7.90. The number of nitrogens with zero attached hydrogens (tertiary/aromatic N) is 1. The maximum absolute atomic E-state index is 10.8. The summed E-state index contributed by atoms with van der Waals surface area (Å²) in [6, 6.07) is 3.40. The molecule has 0 amide bonds. The molecule has 0 atom stereocenters. The lowest BCUT2D eigenvalue weighted by molar-refractivity contribution is 0.600. The first-order valence-electron chi connectivity index (χ1n) is 4.60. The Morgan fingerprint density at radius 1 is 1.53 bits per heavy atom. The average molecular weight is 229 g/mol. The Bertz CT molecular complexity index is 417. The Morgan fingerprint density at radius 3 is 2.87 bits per heavy atom. The predicted molar refractivity (Wildman–Crippen MR) is 61.5 cm³/mol. The number of hydrogen-bond acceptors (Lipinski definition) is 5. The molecule has 0 radical (unpaired) electrons. The van der Waals surface area contributed by atoms with Crippen molar-refractivity contribution >= 4 is 21.3 Å². The predicted octanol–water partition coefficient (Wildman–Crippen LogP) is 0.510. The summed E-state index contributed by atoms with van der Waals surface area (Å²) >= 11 is 0. The summed E-state index contributed by atoms with van der Waals surface area (Å²) in [6.07, 6.45) is 3.40. The Hall–Kier alpha value is -1.30. The molecule has 5 nitrogen and oxygen atoms in total. The van der Waals surface area contributed by atoms with Gasteiger partial charge >= 0.3 is 0 Å². The lowest BCUT2D eigenvalue weighted by atomic mass is 10.4. The topological polar surface area (TPSA) is 85.1 Å². The third-order valence-electron chi connectivity index (χ3n) is 1.78. The molecule has 1 aromatic rings. The summed E-state index contributed by atoms with van der Waals surface area (Å²) in [4.78, 5) is 4.03. The van der Waals surface area contributed by atoms with Crippen LogP contribution in [0.4, 0.5) is 11.5 Å². The average Bonchev–Trinajstić information content (AvgIpc) is 2.11. The van der Waals surface area contributed by atoms with E-state index in [1.807, 2.05) is 0 Å². The van der Waals surface area contributed by atoms with Crippen molar-refractivity contribution in [2.24, 2.45) is 0 Å². The van der Waals surface area contributed by atoms with E-state index in [0.29, 0.717) is 24.5 Å². The highest BCUT2D eigenvalue weighted by atomic mass is 32.2. The molecule has 1 aromatic heterocycles. The van der Waals surface area contributed by atoms with Gasteiger partial charge in [-0.15, -0.1) is 0 Å². The summed E-state index contributed by atoms with van der Waals surface area (Å²) in [5, 5.41) is 3.00. The lowest BCUT2D eigenvalue weighted by Crippen LogP contribution is -2.10. The maximum Gasteiger partial charge on any atom is 0.147 e. The standard InChI is InChI=1S/C9H15N3O2S/c1-15(13,14)6-2-4-11-9-7-8(10)3-5-12-9/h3,5,7H,2,4,6H2,1H3,(H3,10,11,12). The van der Waals surface area contributed by atoms with Gasteiger partial charge in [0.25, 0.3) is 0 Å². The van der Waals surface area contributed by atoms with E-state index in [4.69, 9.17) is 5.73 Å². The van der Waals surface area contributed by atoms with Gasteiger partial charge in [0, 0.05) is 30.8 Å². The van der Waals surface area contributed by atoms with Crippen LogP contribution >= 0.6 is 0 Å². The molecule has 0 fully saturated rings. The summed E-state index contributed by atoms with van der Waals surface area (Å²) in [7, 11) is -2.87. The van der Waals surface area contributed by atoms with E-state index in [1.54, 1.807) is 18.3 Å². The van der Waals surface area contributed by atoms with Gasteiger partial charge < -0.3 is 11.1 Å². The van der Waals surface area contributed by atoms with E-state index in [1.165, 1.54) is 6.26 Å². The number of rotatable bonds is 5. The first-order valence-corrected chi connectivity index (χ1v) is 6.66. The second kappa shape index (κ2) is 4.97. The van der Waals surface area contributed by atoms with E-state index < -0.39 is 9.84 Å². The molecule has 0 unspecified atom stereocenters. The van der Waals surface area contributed by atoms with E-state index in [-0.39, 0.29) is 5.75 Å². The number of nitrogen functional groups attached to an aromatic ring is 1. The molecule has 0 aliphatic rings. The molecular weight excluding hydrogens is 214 g/mol. The third kappa shape index (κ3) is 5.21. The number of nitrogens with one attached hydrogen (secondary N) is 1. The zero-order valence-corrected chi connectivity index (χ0v) is 9.42. The van der Waals surface area contributed by atoms with Crippen LogP contribution < -0.4 is 11.1 Å². The van der Waals surface area contributed by atoms with Gasteiger partial charge in [-0.05, 0) is 12.5 Å². The third-order valence-corrected chi connectivity index (χ3v) is 2.81. The molecule has 0 aliphatic heterocycles. The number of anilines is 2. The number of nitrogens with two attached hydrogens (primary N) is 1. The van der Waals surface area contributed by atoms with Crippen LogP contribution in [0.25, 0.3) is 0 Å². The fourth-order valence-corrected chi connectivity index (χ4v) is 1.76. The van der Waals surface area contributed by atoms with Crippen LogP contribution in [0.5, 0.6) is 0 Å². The van der Waals surface area contributed by atoms with Crippen molar-refractivity contribution in [2.45, 2.75) is 6.42 Å². The minimum atomic E-state index is -2.87. The van der Waals surface area contributed by atoms with Crippen molar-refractivity contribution in [2.75, 3.05) is 29.6 Å². The monoisotopic (exact) mass is 229 g/mol. The number of pyridine rings is 1. The molecule has 1 rings (SSSR count). The van der Waals surface area contributed by atoms with E-state index in [9.17, 15) is 8.42 Å². The number of aromatic nitrogens is 1. The molecule has 0 spiro atoms. The fraction of sp³-hybridized carbons (Fsp3) is 0.444. The van der Waals surface area contributed by atoms with Crippen LogP contribution in [0, 0.1) is 0 Å². The van der Waals surface area contributed by atoms with Gasteiger partial charge in [0.05, 0.1) is 5.75 Å². The van der Waals surface area contributed by atoms with Gasteiger partial charge in [-0.2, -0.15) is 0 Å². The van der Waals surface area contributed by atoms with Crippen LogP contribution in [0.15, 0.2) is 18.3 Å². The second-order valence-corrected chi connectivity index (χ2v) is 5.64. The minimum absolute atomic E-state index is 0.183. The summed E-state index contributed by atoms with van der Waals surface area (Å²) in [5.41, 5.74) is 6.19. The van der Waals surface area contributed by atoms with Gasteiger partial charge in [0.1, 0.15) is 15.7 Å². The molecule has 6 heteroatoms. The first-order chi connectivity index (χ1) is 6.97. The van der Waals surface area contributed by atoms with Crippen molar-refractivity contribution in [1.29, 1.82) is 0 Å². The van der Waals surface area contributed by atoms with Gasteiger partial charge in [-0.1, -0.05) is 0 Å². The second-order valence-electron chi connectivity index (χ2n) is 3.38. The smallest absolute Gasteiger partial charge is 0.147 e. The van der Waals surface area contributed by atoms with Gasteiger partial charge in [0.15, 0.2) is 0 Å². The first kappa shape index (κ1) is 11.8. The zero-order valence-electron chi connectivity index (χ0n) is 8.60. The molecule has 1 heterocycles. The van der Waals surface area contributed by atoms with Crippen molar-refractivity contribution in [3.05, 3.63) is 18.3 Å². The summed E-state index contributed by atoms with van der Waals surface area (Å²) < 4.78 is 21.7. The van der Waals surface area contributed by atoms with Gasteiger partial charge in [0.2, 0.25) is 0 Å². The lowest BCUT2D eigenvalue weighted by Gasteiger charge is -2.04. The van der Waals surface area contributed by atoms with Crippen molar-refractivity contribution in [1.82, 2.24) is 4.98 Å². The number of sulfone groups is 1. The molecule has 0 saturated heterocycles. The van der Waals surface area contributed by atoms with Crippen LogP contribution in [0.3, 0.4) is 0 Å². The van der Waals surface area contributed by atoms with Gasteiger partial charge in [-0.3, -0.25) is 0 Å². The molecule has 0 aliphatic carbocycles. The normalized spacial score (nSPS) is 11.3. The van der Waals surface area contributed by atoms with Crippen molar-refractivity contribution < 1.29 is 8.42 Å². The van der Waals surface area contributed by atoms with Gasteiger partial charge in [-0.25, -0.2) is 13.4 Å². The summed E-state index contributed by atoms with van der Waals surface area (Å²) in [6.45, 7) is 0.573. The molecule has 0 saturated carbocycles. The Labute approximate surface area is 89.6 Å². The SMILES string of the molecule is CS(=O)(=O)CCCNc1cc(N)ccn1. The molecule has 3 N–H and O–H groups in total. The highest BCUT2D eigenvalue weighted by Crippen LogP contribution is 2.07. The van der Waals surface area contributed by atoms with Crippen LogP contribution in [0.1, 0.15) is 6.42 Å². The van der Waals surface area contributed by atoms with Crippen LogP contribution in [0.2, 0.25) is 0 Å². The quantitative estimate of drug-likeness (QED) is 0.719. The van der Waals surface area contributed by atoms with Crippen molar-refractivity contribution in [3.63, 3.8) is 0 Å². The molecule has 84 valence electrons. The molecule has 0 bridgehead atoms. The van der Waals surface area contributed by atoms with E-state index >= 15 is 0 Å². The van der Waals surface area contributed by atoms with Crippen LogP contribution in [-0.2, 0) is 9.84 Å². The number of hydrogen-bond donors (Lipinski definition) is 2. The largest absolute Gasteiger partial charge is 0.399 e. The molecule has 0 aromatic carbocycles. The Balaban J connectivity index is 2.32. The van der Waals surface area contributed by atoms with E-state index in [2.05, 4.69) is 10.3 Å². The van der Waals surface area contributed by atoms with Crippen LogP contribution in [-0.4, -0.2) is 32.0 Å². The summed E-state index contributed by atoms with van der Waals surface area (Å²) in [5.74, 6) is 0.853. The maximum atomic E-state index is 10.8. The Kier molecular flexibility index (Phi) is 3.90. The minimum Gasteiger partial charge on any atom is -0.399 e. The van der Waals surface area contributed by atoms with E-state index in [0.717, 1.165) is 0 Å². The van der Waals surface area contributed by atoms with Crippen molar-refractivity contribution in [3.8, 4) is 0 Å². The zero-order chi connectivity index (χ0) is 11.3. The molecular formula is C9H15N3O2S. The molecule has 15 heavy (non-hydrogen) atoms. The highest BCUT2D eigenvalue weighted by Gasteiger charge is 2.01.